The first kappa shape index (κ1) is 22.7. The summed E-state index contributed by atoms with van der Waals surface area (Å²) in [6, 6.07) is 12.7. The zero-order valence-electron chi connectivity index (χ0n) is 20.3. The second-order valence-corrected chi connectivity index (χ2v) is 9.90. The highest BCUT2D eigenvalue weighted by molar-refractivity contribution is 5.89. The number of carbonyl (C=O) groups excluding carboxylic acids is 1. The molecule has 5 aliphatic heterocycles. The van der Waals surface area contributed by atoms with Gasteiger partial charge in [0.1, 0.15) is 11.4 Å². The normalized spacial score (nSPS) is 23.2. The molecule has 1 amide bonds. The van der Waals surface area contributed by atoms with E-state index in [0.29, 0.717) is 25.1 Å². The molecule has 9 heteroatoms. The minimum absolute atomic E-state index is 0.182. The Kier molecular flexibility index (Phi) is 6.14. The van der Waals surface area contributed by atoms with Crippen LogP contribution in [-0.2, 0) is 4.79 Å². The van der Waals surface area contributed by atoms with E-state index in [2.05, 4.69) is 53.3 Å². The van der Waals surface area contributed by atoms with Gasteiger partial charge in [-0.15, -0.1) is 0 Å². The van der Waals surface area contributed by atoms with Crippen molar-refractivity contribution in [2.45, 2.75) is 43.7 Å². The summed E-state index contributed by atoms with van der Waals surface area (Å²) >= 11 is 0. The average molecular weight is 485 g/mol. The van der Waals surface area contributed by atoms with E-state index in [0.717, 1.165) is 73.5 Å². The van der Waals surface area contributed by atoms with Crippen molar-refractivity contribution < 1.29 is 4.79 Å². The van der Waals surface area contributed by atoms with Crippen LogP contribution >= 0.6 is 0 Å². The number of nitrogens with one attached hydrogen (secondary N) is 4. The molecule has 4 N–H and O–H groups in total. The quantitative estimate of drug-likeness (QED) is 0.383. The molecule has 1 spiro atoms. The van der Waals surface area contributed by atoms with Gasteiger partial charge in [-0.05, 0) is 68.0 Å². The minimum atomic E-state index is -0.294. The Balaban J connectivity index is 1.23. The van der Waals surface area contributed by atoms with Crippen molar-refractivity contribution in [3.05, 3.63) is 55.0 Å². The van der Waals surface area contributed by atoms with E-state index >= 15 is 0 Å². The van der Waals surface area contributed by atoms with E-state index in [4.69, 9.17) is 0 Å². The van der Waals surface area contributed by atoms with E-state index in [1.807, 2.05) is 36.7 Å². The van der Waals surface area contributed by atoms with Crippen LogP contribution in [0.3, 0.4) is 0 Å². The Morgan fingerprint density at radius 1 is 0.889 bits per heavy atom. The highest BCUT2D eigenvalue weighted by atomic mass is 16.2. The lowest BCUT2D eigenvalue weighted by Crippen LogP contribution is -2.53. The van der Waals surface area contributed by atoms with Crippen LogP contribution in [0.1, 0.15) is 32.1 Å². The fourth-order valence-electron chi connectivity index (χ4n) is 5.23. The van der Waals surface area contributed by atoms with Gasteiger partial charge in [0.15, 0.2) is 0 Å². The Bertz CT molecular complexity index is 1220. The maximum absolute atomic E-state index is 13.0. The summed E-state index contributed by atoms with van der Waals surface area (Å²) < 4.78 is 0. The number of pyridine rings is 1. The van der Waals surface area contributed by atoms with Crippen molar-refractivity contribution in [2.24, 2.45) is 0 Å². The molecule has 186 valence electrons. The third-order valence-electron chi connectivity index (χ3n) is 7.42. The predicted molar refractivity (Wildman–Crippen MR) is 141 cm³/mol. The molecular formula is C27H32N8O. The second kappa shape index (κ2) is 9.73. The molecular weight excluding hydrogens is 452 g/mol. The second-order valence-electron chi connectivity index (χ2n) is 9.90. The standard InChI is InChI=1S/C27H32N8O/c36-25-27(8-9-27)35-13-6-21(7-14-35)33-22-3-1-4-23(16-22)34-24-15-19(5-12-28-24)20-17-31-26(32-18-20)30-11-2-10-29-25/h1,3-5,12,15-18,21,33H,2,6-11,13-14H2,(H,28,34)(H,29,36)(H,30,31,32). The number of hydrogen-bond acceptors (Lipinski definition) is 8. The molecule has 36 heavy (non-hydrogen) atoms. The van der Waals surface area contributed by atoms with Crippen molar-refractivity contribution in [1.82, 2.24) is 25.2 Å². The lowest BCUT2D eigenvalue weighted by atomic mass is 10.0. The molecule has 0 radical (unpaired) electrons. The molecule has 1 aromatic carbocycles. The number of amides is 1. The molecule has 3 aromatic rings. The first-order valence-electron chi connectivity index (χ1n) is 12.9. The van der Waals surface area contributed by atoms with Crippen LogP contribution in [0.2, 0.25) is 0 Å². The number of benzene rings is 1. The molecule has 8 bridgehead atoms. The fraction of sp³-hybridized carbons (Fsp3) is 0.407. The maximum Gasteiger partial charge on any atom is 0.240 e. The number of nitrogens with zero attached hydrogens (tertiary/aromatic N) is 4. The van der Waals surface area contributed by atoms with Gasteiger partial charge in [0.05, 0.1) is 0 Å². The molecule has 1 aliphatic carbocycles. The van der Waals surface area contributed by atoms with Crippen LogP contribution in [0, 0.1) is 0 Å². The zero-order chi connectivity index (χ0) is 24.4. The first-order chi connectivity index (χ1) is 17.7. The molecule has 9 rings (SSSR count). The van der Waals surface area contributed by atoms with Gasteiger partial charge in [-0.25, -0.2) is 15.0 Å². The SMILES string of the molecule is O=C1NCCCNc2ncc(cn2)-c2ccnc(c2)Nc2cccc(c2)NC2CCN(CC2)C12CC2. The molecule has 2 aromatic heterocycles. The van der Waals surface area contributed by atoms with E-state index in [-0.39, 0.29) is 11.4 Å². The Hall–Kier alpha value is -3.72. The van der Waals surface area contributed by atoms with Gasteiger partial charge in [-0.2, -0.15) is 0 Å². The van der Waals surface area contributed by atoms with E-state index in [1.54, 1.807) is 6.20 Å². The average Bonchev–Trinajstić information content (AvgIpc) is 3.71. The summed E-state index contributed by atoms with van der Waals surface area (Å²) in [4.78, 5) is 28.9. The summed E-state index contributed by atoms with van der Waals surface area (Å²) in [5, 5.41) is 13.6. The van der Waals surface area contributed by atoms with Crippen LogP contribution in [-0.4, -0.2) is 63.5 Å². The molecule has 1 saturated carbocycles. The Morgan fingerprint density at radius 2 is 1.67 bits per heavy atom. The molecule has 2 fully saturated rings. The Labute approximate surface area is 211 Å². The predicted octanol–water partition coefficient (Wildman–Crippen LogP) is 3.62. The first-order valence-corrected chi connectivity index (χ1v) is 12.9. The Morgan fingerprint density at radius 3 is 2.47 bits per heavy atom. The summed E-state index contributed by atoms with van der Waals surface area (Å²) in [6.45, 7) is 3.22. The van der Waals surface area contributed by atoms with E-state index in [9.17, 15) is 4.79 Å². The summed E-state index contributed by atoms with van der Waals surface area (Å²) in [5.41, 5.74) is 3.69. The number of anilines is 4. The van der Waals surface area contributed by atoms with Gasteiger partial charge in [-0.3, -0.25) is 9.69 Å². The van der Waals surface area contributed by atoms with E-state index in [1.165, 1.54) is 0 Å². The van der Waals surface area contributed by atoms with Gasteiger partial charge in [0.25, 0.3) is 0 Å². The van der Waals surface area contributed by atoms with Crippen molar-refractivity contribution in [1.29, 1.82) is 0 Å². The zero-order valence-corrected chi connectivity index (χ0v) is 20.3. The van der Waals surface area contributed by atoms with Crippen molar-refractivity contribution >= 4 is 29.0 Å². The number of piperidine rings is 1. The van der Waals surface area contributed by atoms with Gasteiger partial charge >= 0.3 is 0 Å². The van der Waals surface area contributed by atoms with Crippen molar-refractivity contribution in [3.63, 3.8) is 0 Å². The van der Waals surface area contributed by atoms with Gasteiger partial charge in [0.2, 0.25) is 11.9 Å². The van der Waals surface area contributed by atoms with Gasteiger partial charge in [0, 0.05) is 67.7 Å². The lowest BCUT2D eigenvalue weighted by molar-refractivity contribution is -0.128. The van der Waals surface area contributed by atoms with Gasteiger partial charge < -0.3 is 21.3 Å². The van der Waals surface area contributed by atoms with Crippen LogP contribution in [0.15, 0.2) is 55.0 Å². The number of rotatable bonds is 0. The summed E-state index contributed by atoms with van der Waals surface area (Å²) in [5.74, 6) is 1.54. The monoisotopic (exact) mass is 484 g/mol. The van der Waals surface area contributed by atoms with Crippen LogP contribution in [0.25, 0.3) is 11.1 Å². The molecule has 0 atom stereocenters. The summed E-state index contributed by atoms with van der Waals surface area (Å²) in [7, 11) is 0. The number of aromatic nitrogens is 3. The van der Waals surface area contributed by atoms with E-state index < -0.39 is 0 Å². The molecule has 6 aliphatic rings. The fourth-order valence-corrected chi connectivity index (χ4v) is 5.23. The summed E-state index contributed by atoms with van der Waals surface area (Å²) in [6.07, 6.45) is 10.2. The number of hydrogen-bond donors (Lipinski definition) is 4. The molecule has 0 unspecified atom stereocenters. The molecule has 7 heterocycles. The molecule has 1 saturated heterocycles. The highest BCUT2D eigenvalue weighted by Crippen LogP contribution is 2.43. The van der Waals surface area contributed by atoms with Crippen LogP contribution in [0.5, 0.6) is 0 Å². The topological polar surface area (TPSA) is 107 Å². The highest BCUT2D eigenvalue weighted by Gasteiger charge is 2.54. The third-order valence-corrected chi connectivity index (χ3v) is 7.42. The smallest absolute Gasteiger partial charge is 0.240 e. The minimum Gasteiger partial charge on any atom is -0.382 e. The van der Waals surface area contributed by atoms with Crippen molar-refractivity contribution in [2.75, 3.05) is 42.1 Å². The van der Waals surface area contributed by atoms with Crippen LogP contribution in [0.4, 0.5) is 23.1 Å². The maximum atomic E-state index is 13.0. The molecule has 9 nitrogen and oxygen atoms in total. The van der Waals surface area contributed by atoms with Gasteiger partial charge in [-0.1, -0.05) is 6.07 Å². The van der Waals surface area contributed by atoms with Crippen LogP contribution < -0.4 is 21.3 Å². The van der Waals surface area contributed by atoms with Crippen molar-refractivity contribution in [3.8, 4) is 11.1 Å². The number of carbonyl (C=O) groups is 1. The largest absolute Gasteiger partial charge is 0.382 e. The third kappa shape index (κ3) is 4.83. The lowest BCUT2D eigenvalue weighted by Gasteiger charge is -2.37.